The Kier molecular flexibility index (Phi) is 4.92. The lowest BCUT2D eigenvalue weighted by Gasteiger charge is -2.09. The van der Waals surface area contributed by atoms with Gasteiger partial charge < -0.3 is 10.1 Å². The van der Waals surface area contributed by atoms with Crippen molar-refractivity contribution in [2.24, 2.45) is 0 Å². The Morgan fingerprint density at radius 3 is 2.81 bits per heavy atom. The Hall–Kier alpha value is -2.37. The molecule has 0 aromatic carbocycles. The lowest BCUT2D eigenvalue weighted by Crippen LogP contribution is -2.23. The van der Waals surface area contributed by atoms with Crippen LogP contribution >= 0.6 is 0 Å². The van der Waals surface area contributed by atoms with E-state index in [2.05, 4.69) is 20.5 Å². The standard InChI is InChI=1S/C15H20N4O2/c1-4-12-7-13(19-18-12)15(20)17-9-11-5-6-14(16-8-11)21-10(2)3/h5-8,10H,4,9H2,1-3H3,(H,17,20)(H,18,19). The molecule has 0 saturated heterocycles. The Morgan fingerprint density at radius 1 is 1.43 bits per heavy atom. The summed E-state index contributed by atoms with van der Waals surface area (Å²) in [7, 11) is 0. The zero-order chi connectivity index (χ0) is 15.2. The molecule has 2 N–H and O–H groups in total. The van der Waals surface area contributed by atoms with Crippen LogP contribution in [0.5, 0.6) is 5.88 Å². The summed E-state index contributed by atoms with van der Waals surface area (Å²) < 4.78 is 5.47. The maximum atomic E-state index is 11.9. The van der Waals surface area contributed by atoms with Crippen molar-refractivity contribution >= 4 is 5.91 Å². The Labute approximate surface area is 123 Å². The second-order valence-electron chi connectivity index (χ2n) is 4.99. The number of nitrogens with zero attached hydrogens (tertiary/aromatic N) is 2. The number of aromatic amines is 1. The van der Waals surface area contributed by atoms with Gasteiger partial charge >= 0.3 is 0 Å². The Balaban J connectivity index is 1.88. The third-order valence-corrected chi connectivity index (χ3v) is 2.85. The van der Waals surface area contributed by atoms with Crippen LogP contribution in [0, 0.1) is 0 Å². The van der Waals surface area contributed by atoms with E-state index in [-0.39, 0.29) is 12.0 Å². The summed E-state index contributed by atoms with van der Waals surface area (Å²) in [5, 5.41) is 9.60. The monoisotopic (exact) mass is 288 g/mol. The molecular weight excluding hydrogens is 268 g/mol. The predicted molar refractivity (Wildman–Crippen MR) is 79.1 cm³/mol. The molecule has 6 nitrogen and oxygen atoms in total. The number of nitrogens with one attached hydrogen (secondary N) is 2. The molecule has 1 amide bonds. The van der Waals surface area contributed by atoms with Crippen LogP contribution in [0.3, 0.4) is 0 Å². The molecule has 2 aromatic heterocycles. The first kappa shape index (κ1) is 15.0. The number of hydrogen-bond acceptors (Lipinski definition) is 4. The third-order valence-electron chi connectivity index (χ3n) is 2.85. The number of H-pyrrole nitrogens is 1. The third kappa shape index (κ3) is 4.30. The van der Waals surface area contributed by atoms with Gasteiger partial charge in [-0.1, -0.05) is 13.0 Å². The van der Waals surface area contributed by atoms with Crippen molar-refractivity contribution in [2.45, 2.75) is 39.8 Å². The Morgan fingerprint density at radius 2 is 2.24 bits per heavy atom. The van der Waals surface area contributed by atoms with Gasteiger partial charge in [0.05, 0.1) is 6.10 Å². The minimum Gasteiger partial charge on any atom is -0.475 e. The molecule has 0 aliphatic carbocycles. The van der Waals surface area contributed by atoms with Gasteiger partial charge in [0.25, 0.3) is 5.91 Å². The van der Waals surface area contributed by atoms with Crippen LogP contribution in [0.2, 0.25) is 0 Å². The Bertz CT molecular complexity index is 590. The number of rotatable bonds is 6. The SMILES string of the molecule is CCc1cc(C(=O)NCc2ccc(OC(C)C)nc2)n[nH]1. The summed E-state index contributed by atoms with van der Waals surface area (Å²) in [4.78, 5) is 16.1. The minimum atomic E-state index is -0.201. The van der Waals surface area contributed by atoms with Crippen molar-refractivity contribution in [1.29, 1.82) is 0 Å². The van der Waals surface area contributed by atoms with Crippen LogP contribution < -0.4 is 10.1 Å². The lowest BCUT2D eigenvalue weighted by atomic mass is 10.2. The molecule has 21 heavy (non-hydrogen) atoms. The first-order valence-electron chi connectivity index (χ1n) is 7.02. The van der Waals surface area contributed by atoms with Crippen molar-refractivity contribution in [3.05, 3.63) is 41.3 Å². The molecular formula is C15H20N4O2. The maximum absolute atomic E-state index is 11.9. The van der Waals surface area contributed by atoms with Gasteiger partial charge in [-0.3, -0.25) is 9.89 Å². The highest BCUT2D eigenvalue weighted by Gasteiger charge is 2.09. The lowest BCUT2D eigenvalue weighted by molar-refractivity contribution is 0.0946. The molecule has 112 valence electrons. The van der Waals surface area contributed by atoms with Crippen LogP contribution in [-0.4, -0.2) is 27.2 Å². The first-order valence-corrected chi connectivity index (χ1v) is 7.02. The fraction of sp³-hybridized carbons (Fsp3) is 0.400. The number of aryl methyl sites for hydroxylation is 1. The second-order valence-corrected chi connectivity index (χ2v) is 4.99. The highest BCUT2D eigenvalue weighted by molar-refractivity contribution is 5.92. The molecule has 0 unspecified atom stereocenters. The number of aromatic nitrogens is 3. The molecule has 0 aliphatic heterocycles. The van der Waals surface area contributed by atoms with E-state index in [1.807, 2.05) is 26.8 Å². The predicted octanol–water partition coefficient (Wildman–Crippen LogP) is 2.08. The molecule has 0 spiro atoms. The highest BCUT2D eigenvalue weighted by Crippen LogP contribution is 2.09. The molecule has 0 fully saturated rings. The topological polar surface area (TPSA) is 79.9 Å². The van der Waals surface area contributed by atoms with E-state index in [0.29, 0.717) is 18.1 Å². The maximum Gasteiger partial charge on any atom is 0.272 e. The average Bonchev–Trinajstić information content (AvgIpc) is 2.94. The summed E-state index contributed by atoms with van der Waals surface area (Å²) in [6.45, 7) is 6.30. The van der Waals surface area contributed by atoms with E-state index >= 15 is 0 Å². The zero-order valence-corrected chi connectivity index (χ0v) is 12.5. The van der Waals surface area contributed by atoms with Crippen molar-refractivity contribution in [1.82, 2.24) is 20.5 Å². The first-order chi connectivity index (χ1) is 10.1. The highest BCUT2D eigenvalue weighted by atomic mass is 16.5. The molecule has 2 rings (SSSR count). The minimum absolute atomic E-state index is 0.0930. The van der Waals surface area contributed by atoms with E-state index < -0.39 is 0 Å². The zero-order valence-electron chi connectivity index (χ0n) is 12.5. The summed E-state index contributed by atoms with van der Waals surface area (Å²) in [6, 6.07) is 5.44. The van der Waals surface area contributed by atoms with Crippen LogP contribution in [0.25, 0.3) is 0 Å². The number of ether oxygens (including phenoxy) is 1. The van der Waals surface area contributed by atoms with E-state index in [1.54, 1.807) is 18.3 Å². The van der Waals surface area contributed by atoms with E-state index in [0.717, 1.165) is 17.7 Å². The van der Waals surface area contributed by atoms with Gasteiger partial charge in [0.2, 0.25) is 5.88 Å². The quantitative estimate of drug-likeness (QED) is 0.853. The number of hydrogen-bond donors (Lipinski definition) is 2. The van der Waals surface area contributed by atoms with Gasteiger partial charge in [0.15, 0.2) is 0 Å². The largest absolute Gasteiger partial charge is 0.475 e. The van der Waals surface area contributed by atoms with Crippen LogP contribution in [0.4, 0.5) is 0 Å². The van der Waals surface area contributed by atoms with E-state index in [4.69, 9.17) is 4.74 Å². The van der Waals surface area contributed by atoms with Crippen LogP contribution in [0.15, 0.2) is 24.4 Å². The second kappa shape index (κ2) is 6.88. The number of amides is 1. The molecule has 6 heteroatoms. The van der Waals surface area contributed by atoms with Gasteiger partial charge in [-0.2, -0.15) is 5.10 Å². The van der Waals surface area contributed by atoms with Gasteiger partial charge in [-0.25, -0.2) is 4.98 Å². The fourth-order valence-electron chi connectivity index (χ4n) is 1.76. The van der Waals surface area contributed by atoms with Gasteiger partial charge in [-0.05, 0) is 31.9 Å². The number of carbonyl (C=O) groups is 1. The molecule has 0 aliphatic rings. The van der Waals surface area contributed by atoms with E-state index in [9.17, 15) is 4.79 Å². The molecule has 0 radical (unpaired) electrons. The van der Waals surface area contributed by atoms with Gasteiger partial charge in [0, 0.05) is 24.5 Å². The van der Waals surface area contributed by atoms with Gasteiger partial charge in [0.1, 0.15) is 5.69 Å². The number of pyridine rings is 1. The van der Waals surface area contributed by atoms with Crippen molar-refractivity contribution in [3.63, 3.8) is 0 Å². The fourth-order valence-corrected chi connectivity index (χ4v) is 1.76. The summed E-state index contributed by atoms with van der Waals surface area (Å²) >= 11 is 0. The molecule has 2 aromatic rings. The normalized spacial score (nSPS) is 10.7. The molecule has 0 atom stereocenters. The number of carbonyl (C=O) groups excluding carboxylic acids is 1. The van der Waals surface area contributed by atoms with E-state index in [1.165, 1.54) is 0 Å². The molecule has 0 bridgehead atoms. The average molecular weight is 288 g/mol. The molecule has 2 heterocycles. The van der Waals surface area contributed by atoms with Crippen molar-refractivity contribution in [2.75, 3.05) is 0 Å². The van der Waals surface area contributed by atoms with Crippen LogP contribution in [0.1, 0.15) is 42.5 Å². The summed E-state index contributed by atoms with van der Waals surface area (Å²) in [5.41, 5.74) is 2.25. The smallest absolute Gasteiger partial charge is 0.272 e. The summed E-state index contributed by atoms with van der Waals surface area (Å²) in [6.07, 6.45) is 2.61. The van der Waals surface area contributed by atoms with Crippen molar-refractivity contribution in [3.8, 4) is 5.88 Å². The molecule has 0 saturated carbocycles. The van der Waals surface area contributed by atoms with Gasteiger partial charge in [-0.15, -0.1) is 0 Å². The van der Waals surface area contributed by atoms with Crippen LogP contribution in [-0.2, 0) is 13.0 Å². The summed E-state index contributed by atoms with van der Waals surface area (Å²) in [5.74, 6) is 0.383. The van der Waals surface area contributed by atoms with Crippen molar-refractivity contribution < 1.29 is 9.53 Å².